The number of rotatable bonds is 5. The Labute approximate surface area is 158 Å². The third-order valence-electron chi connectivity index (χ3n) is 3.79. The van der Waals surface area contributed by atoms with E-state index < -0.39 is 0 Å². The number of carbonyl (C=O) groups is 1. The maximum Gasteiger partial charge on any atom is 0.260 e. The standard InChI is InChI=1S/C19H21N3OS.ClH/c1-14-7-6-8-15(13-14)18(23)22(12-11-21(2)3)19-20-16-9-4-5-10-17(16)24-19;/h4-10,13H,11-12H2,1-3H3;1H. The molecule has 3 aromatic rings. The van der Waals surface area contributed by atoms with Gasteiger partial charge in [-0.2, -0.15) is 0 Å². The van der Waals surface area contributed by atoms with Crippen LogP contribution in [-0.2, 0) is 0 Å². The van der Waals surface area contributed by atoms with E-state index in [4.69, 9.17) is 0 Å². The van der Waals surface area contributed by atoms with E-state index in [9.17, 15) is 4.79 Å². The van der Waals surface area contributed by atoms with Gasteiger partial charge in [-0.1, -0.05) is 41.2 Å². The summed E-state index contributed by atoms with van der Waals surface area (Å²) in [4.78, 5) is 21.6. The Balaban J connectivity index is 0.00000225. The molecule has 1 heterocycles. The second-order valence-electron chi connectivity index (χ2n) is 6.09. The van der Waals surface area contributed by atoms with Gasteiger partial charge in [-0.15, -0.1) is 12.4 Å². The van der Waals surface area contributed by atoms with Crippen molar-refractivity contribution in [2.75, 3.05) is 32.1 Å². The summed E-state index contributed by atoms with van der Waals surface area (Å²) in [6, 6.07) is 15.7. The molecule has 0 spiro atoms. The molecule has 0 fully saturated rings. The van der Waals surface area contributed by atoms with Gasteiger partial charge in [0, 0.05) is 18.7 Å². The summed E-state index contributed by atoms with van der Waals surface area (Å²) in [5.41, 5.74) is 2.72. The van der Waals surface area contributed by atoms with Crippen LogP contribution in [0.3, 0.4) is 0 Å². The summed E-state index contributed by atoms with van der Waals surface area (Å²) >= 11 is 1.56. The van der Waals surface area contributed by atoms with Crippen LogP contribution in [0.5, 0.6) is 0 Å². The van der Waals surface area contributed by atoms with Crippen LogP contribution in [0.25, 0.3) is 10.2 Å². The van der Waals surface area contributed by atoms with Crippen molar-refractivity contribution in [2.24, 2.45) is 0 Å². The summed E-state index contributed by atoms with van der Waals surface area (Å²) in [6.45, 7) is 3.39. The lowest BCUT2D eigenvalue weighted by molar-refractivity contribution is 0.0985. The lowest BCUT2D eigenvalue weighted by Crippen LogP contribution is -2.36. The van der Waals surface area contributed by atoms with Gasteiger partial charge in [0.05, 0.1) is 10.2 Å². The molecular formula is C19H22ClN3OS. The van der Waals surface area contributed by atoms with E-state index in [2.05, 4.69) is 9.88 Å². The Bertz CT molecular complexity index is 830. The first-order chi connectivity index (χ1) is 11.5. The maximum atomic E-state index is 13.1. The molecule has 0 saturated heterocycles. The van der Waals surface area contributed by atoms with Crippen LogP contribution in [0.4, 0.5) is 5.13 Å². The van der Waals surface area contributed by atoms with Crippen LogP contribution in [0.2, 0.25) is 0 Å². The zero-order valence-electron chi connectivity index (χ0n) is 14.6. The Morgan fingerprint density at radius 1 is 1.08 bits per heavy atom. The van der Waals surface area contributed by atoms with Crippen LogP contribution in [0.15, 0.2) is 48.5 Å². The summed E-state index contributed by atoms with van der Waals surface area (Å²) in [5, 5.41) is 0.754. The van der Waals surface area contributed by atoms with Crippen molar-refractivity contribution in [3.05, 3.63) is 59.7 Å². The van der Waals surface area contributed by atoms with Gasteiger partial charge in [0.2, 0.25) is 0 Å². The lowest BCUT2D eigenvalue weighted by atomic mass is 10.1. The number of para-hydroxylation sites is 1. The Hall–Kier alpha value is -1.95. The van der Waals surface area contributed by atoms with Crippen LogP contribution >= 0.6 is 23.7 Å². The molecule has 0 saturated carbocycles. The number of nitrogens with zero attached hydrogens (tertiary/aromatic N) is 3. The molecule has 25 heavy (non-hydrogen) atoms. The predicted octanol–water partition coefficient (Wildman–Crippen LogP) is 4.23. The van der Waals surface area contributed by atoms with E-state index in [1.165, 1.54) is 0 Å². The highest BCUT2D eigenvalue weighted by atomic mass is 35.5. The minimum absolute atomic E-state index is 0. The van der Waals surface area contributed by atoms with E-state index in [0.717, 1.165) is 27.5 Å². The number of carbonyl (C=O) groups excluding carboxylic acids is 1. The third kappa shape index (κ3) is 4.57. The van der Waals surface area contributed by atoms with Gasteiger partial charge in [0.15, 0.2) is 5.13 Å². The number of halogens is 1. The fourth-order valence-corrected chi connectivity index (χ4v) is 3.48. The van der Waals surface area contributed by atoms with Gasteiger partial charge in [-0.25, -0.2) is 4.98 Å². The first-order valence-electron chi connectivity index (χ1n) is 7.93. The van der Waals surface area contributed by atoms with Crippen LogP contribution in [0.1, 0.15) is 15.9 Å². The lowest BCUT2D eigenvalue weighted by Gasteiger charge is -2.22. The summed E-state index contributed by atoms with van der Waals surface area (Å²) in [7, 11) is 4.02. The summed E-state index contributed by atoms with van der Waals surface area (Å²) < 4.78 is 1.10. The van der Waals surface area contributed by atoms with Crippen molar-refractivity contribution < 1.29 is 4.79 Å². The Morgan fingerprint density at radius 2 is 1.84 bits per heavy atom. The molecule has 0 aliphatic heterocycles. The van der Waals surface area contributed by atoms with Crippen molar-refractivity contribution >= 4 is 45.0 Å². The molecule has 1 aromatic heterocycles. The molecule has 0 atom stereocenters. The van der Waals surface area contributed by atoms with E-state index in [-0.39, 0.29) is 18.3 Å². The first kappa shape index (κ1) is 19.4. The van der Waals surface area contributed by atoms with Gasteiger partial charge in [-0.05, 0) is 45.3 Å². The number of anilines is 1. The SMILES string of the molecule is Cc1cccc(C(=O)N(CCN(C)C)c2nc3ccccc3s2)c1.Cl. The number of hydrogen-bond donors (Lipinski definition) is 0. The van der Waals surface area contributed by atoms with Gasteiger partial charge in [0.25, 0.3) is 5.91 Å². The molecule has 0 bridgehead atoms. The molecule has 2 aromatic carbocycles. The maximum absolute atomic E-state index is 13.1. The topological polar surface area (TPSA) is 36.4 Å². The monoisotopic (exact) mass is 375 g/mol. The van der Waals surface area contributed by atoms with Crippen molar-refractivity contribution in [1.82, 2.24) is 9.88 Å². The van der Waals surface area contributed by atoms with Gasteiger partial charge >= 0.3 is 0 Å². The third-order valence-corrected chi connectivity index (χ3v) is 4.85. The van der Waals surface area contributed by atoms with Crippen molar-refractivity contribution in [1.29, 1.82) is 0 Å². The number of likely N-dealkylation sites (N-methyl/N-ethyl adjacent to an activating group) is 1. The zero-order valence-corrected chi connectivity index (χ0v) is 16.2. The molecule has 0 radical (unpaired) electrons. The van der Waals surface area contributed by atoms with Gasteiger partial charge in [0.1, 0.15) is 0 Å². The number of hydrogen-bond acceptors (Lipinski definition) is 4. The second-order valence-corrected chi connectivity index (χ2v) is 7.10. The number of aryl methyl sites for hydroxylation is 1. The largest absolute Gasteiger partial charge is 0.308 e. The van der Waals surface area contributed by atoms with Crippen LogP contribution < -0.4 is 4.90 Å². The molecule has 0 unspecified atom stereocenters. The Morgan fingerprint density at radius 3 is 2.52 bits per heavy atom. The molecule has 132 valence electrons. The number of aromatic nitrogens is 1. The Kier molecular flexibility index (Phi) is 6.53. The van der Waals surface area contributed by atoms with Gasteiger partial charge in [-0.3, -0.25) is 9.69 Å². The van der Waals surface area contributed by atoms with Crippen molar-refractivity contribution in [3.63, 3.8) is 0 Å². The quantitative estimate of drug-likeness (QED) is 0.669. The van der Waals surface area contributed by atoms with Crippen LogP contribution in [0, 0.1) is 6.92 Å². The predicted molar refractivity (Wildman–Crippen MR) is 108 cm³/mol. The average Bonchev–Trinajstić information content (AvgIpc) is 2.98. The molecule has 6 heteroatoms. The van der Waals surface area contributed by atoms with Crippen LogP contribution in [-0.4, -0.2) is 43.0 Å². The zero-order chi connectivity index (χ0) is 17.1. The fraction of sp³-hybridized carbons (Fsp3) is 0.263. The van der Waals surface area contributed by atoms with E-state index in [1.54, 1.807) is 16.2 Å². The van der Waals surface area contributed by atoms with Crippen molar-refractivity contribution in [2.45, 2.75) is 6.92 Å². The number of benzene rings is 2. The number of thiazole rings is 1. The molecule has 4 nitrogen and oxygen atoms in total. The molecule has 1 amide bonds. The van der Waals surface area contributed by atoms with Crippen molar-refractivity contribution in [3.8, 4) is 0 Å². The number of fused-ring (bicyclic) bond motifs is 1. The first-order valence-corrected chi connectivity index (χ1v) is 8.75. The summed E-state index contributed by atoms with van der Waals surface area (Å²) in [5.74, 6) is -0.000365. The highest BCUT2D eigenvalue weighted by molar-refractivity contribution is 7.22. The smallest absolute Gasteiger partial charge is 0.260 e. The average molecular weight is 376 g/mol. The second kappa shape index (κ2) is 8.43. The number of amides is 1. The highest BCUT2D eigenvalue weighted by Gasteiger charge is 2.21. The molecule has 3 rings (SSSR count). The summed E-state index contributed by atoms with van der Waals surface area (Å²) in [6.07, 6.45) is 0. The van der Waals surface area contributed by atoms with E-state index in [0.29, 0.717) is 12.1 Å². The molecule has 0 aliphatic rings. The minimum atomic E-state index is -0.000365. The normalized spacial score (nSPS) is 10.7. The highest BCUT2D eigenvalue weighted by Crippen LogP contribution is 2.29. The molecule has 0 aliphatic carbocycles. The molecular weight excluding hydrogens is 354 g/mol. The minimum Gasteiger partial charge on any atom is -0.308 e. The fourth-order valence-electron chi connectivity index (χ4n) is 2.49. The van der Waals surface area contributed by atoms with Gasteiger partial charge < -0.3 is 4.90 Å². The van der Waals surface area contributed by atoms with E-state index >= 15 is 0 Å². The molecule has 0 N–H and O–H groups in total. The van der Waals surface area contributed by atoms with E-state index in [1.807, 2.05) is 69.6 Å².